The van der Waals surface area contributed by atoms with Crippen LogP contribution in [-0.2, 0) is 0 Å². The maximum atomic E-state index is 12.4. The number of piperidine rings is 1. The van der Waals surface area contributed by atoms with Crippen LogP contribution in [0.25, 0.3) is 0 Å². The number of carbonyl (C=O) groups excluding carboxylic acids is 1. The molecule has 1 heterocycles. The standard InChI is InChI=1S/C15H18N2O/c1-2-14-5-3-4-10-17(14)15(18)13-8-6-12(11-16)7-9-13/h6-9,14H,2-5,10H2,1H3. The van der Waals surface area contributed by atoms with Gasteiger partial charge in [-0.1, -0.05) is 6.92 Å². The maximum Gasteiger partial charge on any atom is 0.254 e. The summed E-state index contributed by atoms with van der Waals surface area (Å²) in [5.41, 5.74) is 1.28. The van der Waals surface area contributed by atoms with Crippen molar-refractivity contribution in [2.24, 2.45) is 0 Å². The van der Waals surface area contributed by atoms with Crippen LogP contribution in [0.5, 0.6) is 0 Å². The molecule has 0 aliphatic carbocycles. The summed E-state index contributed by atoms with van der Waals surface area (Å²) in [5, 5.41) is 8.75. The molecule has 0 radical (unpaired) electrons. The number of hydrogen-bond acceptors (Lipinski definition) is 2. The number of amides is 1. The molecule has 3 nitrogen and oxygen atoms in total. The van der Waals surface area contributed by atoms with Gasteiger partial charge < -0.3 is 4.90 Å². The van der Waals surface area contributed by atoms with Crippen molar-refractivity contribution in [1.82, 2.24) is 4.90 Å². The van der Waals surface area contributed by atoms with E-state index >= 15 is 0 Å². The second-order valence-corrected chi connectivity index (χ2v) is 4.75. The van der Waals surface area contributed by atoms with Crippen molar-refractivity contribution in [3.05, 3.63) is 35.4 Å². The van der Waals surface area contributed by atoms with Gasteiger partial charge in [0, 0.05) is 18.2 Å². The molecule has 1 aliphatic rings. The Balaban J connectivity index is 2.16. The van der Waals surface area contributed by atoms with Gasteiger partial charge in [0.15, 0.2) is 0 Å². The molecule has 2 rings (SSSR count). The van der Waals surface area contributed by atoms with Gasteiger partial charge in [0.05, 0.1) is 11.6 Å². The molecule has 1 fully saturated rings. The average molecular weight is 242 g/mol. The first-order valence-corrected chi connectivity index (χ1v) is 6.57. The number of hydrogen-bond donors (Lipinski definition) is 0. The molecule has 1 saturated heterocycles. The van der Waals surface area contributed by atoms with E-state index < -0.39 is 0 Å². The smallest absolute Gasteiger partial charge is 0.254 e. The van der Waals surface area contributed by atoms with Crippen molar-refractivity contribution in [3.63, 3.8) is 0 Å². The van der Waals surface area contributed by atoms with E-state index in [1.165, 1.54) is 6.42 Å². The number of nitriles is 1. The van der Waals surface area contributed by atoms with Crippen molar-refractivity contribution >= 4 is 5.91 Å². The van der Waals surface area contributed by atoms with Crippen molar-refractivity contribution in [1.29, 1.82) is 5.26 Å². The van der Waals surface area contributed by atoms with Gasteiger partial charge in [-0.2, -0.15) is 5.26 Å². The minimum Gasteiger partial charge on any atom is -0.336 e. The molecule has 3 heteroatoms. The molecule has 1 aromatic rings. The molecule has 1 unspecified atom stereocenters. The van der Waals surface area contributed by atoms with Gasteiger partial charge in [-0.3, -0.25) is 4.79 Å². The molecule has 94 valence electrons. The van der Waals surface area contributed by atoms with E-state index in [4.69, 9.17) is 5.26 Å². The van der Waals surface area contributed by atoms with Crippen LogP contribution in [-0.4, -0.2) is 23.4 Å². The molecule has 0 spiro atoms. The topological polar surface area (TPSA) is 44.1 Å². The van der Waals surface area contributed by atoms with Crippen LogP contribution < -0.4 is 0 Å². The fourth-order valence-electron chi connectivity index (χ4n) is 2.55. The zero-order valence-electron chi connectivity index (χ0n) is 10.7. The zero-order chi connectivity index (χ0) is 13.0. The van der Waals surface area contributed by atoms with Crippen LogP contribution in [0.2, 0.25) is 0 Å². The first-order chi connectivity index (χ1) is 8.76. The summed E-state index contributed by atoms with van der Waals surface area (Å²) in [5.74, 6) is 0.103. The van der Waals surface area contributed by atoms with Gasteiger partial charge in [-0.05, 0) is 49.9 Å². The largest absolute Gasteiger partial charge is 0.336 e. The summed E-state index contributed by atoms with van der Waals surface area (Å²) in [7, 11) is 0. The van der Waals surface area contributed by atoms with Gasteiger partial charge in [0.1, 0.15) is 0 Å². The summed E-state index contributed by atoms with van der Waals surface area (Å²) in [6.07, 6.45) is 4.44. The normalized spacial score (nSPS) is 19.3. The lowest BCUT2D eigenvalue weighted by molar-refractivity contribution is 0.0608. The lowest BCUT2D eigenvalue weighted by Gasteiger charge is -2.35. The third-order valence-corrected chi connectivity index (χ3v) is 3.62. The van der Waals surface area contributed by atoms with Gasteiger partial charge >= 0.3 is 0 Å². The summed E-state index contributed by atoms with van der Waals surface area (Å²) in [6, 6.07) is 9.36. The van der Waals surface area contributed by atoms with E-state index in [1.807, 2.05) is 4.90 Å². The molecule has 1 atom stereocenters. The minimum absolute atomic E-state index is 0.103. The molecule has 0 bridgehead atoms. The van der Waals surface area contributed by atoms with Crippen LogP contribution in [0.3, 0.4) is 0 Å². The fourth-order valence-corrected chi connectivity index (χ4v) is 2.55. The second kappa shape index (κ2) is 5.68. The van der Waals surface area contributed by atoms with E-state index in [-0.39, 0.29) is 5.91 Å². The van der Waals surface area contributed by atoms with Gasteiger partial charge in [0.25, 0.3) is 5.91 Å². The Morgan fingerprint density at radius 3 is 2.72 bits per heavy atom. The third kappa shape index (κ3) is 2.53. The second-order valence-electron chi connectivity index (χ2n) is 4.75. The highest BCUT2D eigenvalue weighted by atomic mass is 16.2. The lowest BCUT2D eigenvalue weighted by atomic mass is 9.98. The van der Waals surface area contributed by atoms with Crippen molar-refractivity contribution < 1.29 is 4.79 Å². The molecule has 0 N–H and O–H groups in total. The Kier molecular flexibility index (Phi) is 3.99. The number of benzene rings is 1. The number of nitrogens with zero attached hydrogens (tertiary/aromatic N) is 2. The summed E-state index contributed by atoms with van der Waals surface area (Å²) in [4.78, 5) is 14.4. The van der Waals surface area contributed by atoms with Gasteiger partial charge in [0.2, 0.25) is 0 Å². The van der Waals surface area contributed by atoms with E-state index in [2.05, 4.69) is 13.0 Å². The fraction of sp³-hybridized carbons (Fsp3) is 0.467. The number of carbonyl (C=O) groups is 1. The van der Waals surface area contributed by atoms with Crippen molar-refractivity contribution in [3.8, 4) is 6.07 Å². The predicted octanol–water partition coefficient (Wildman–Crippen LogP) is 2.96. The molecule has 1 amide bonds. The average Bonchev–Trinajstić information content (AvgIpc) is 2.46. The van der Waals surface area contributed by atoms with E-state index in [0.717, 1.165) is 25.8 Å². The maximum absolute atomic E-state index is 12.4. The van der Waals surface area contributed by atoms with E-state index in [9.17, 15) is 4.79 Å². The van der Waals surface area contributed by atoms with Crippen LogP contribution >= 0.6 is 0 Å². The van der Waals surface area contributed by atoms with Crippen LogP contribution in [0.15, 0.2) is 24.3 Å². The highest BCUT2D eigenvalue weighted by Crippen LogP contribution is 2.21. The summed E-state index contributed by atoms with van der Waals surface area (Å²) >= 11 is 0. The quantitative estimate of drug-likeness (QED) is 0.800. The minimum atomic E-state index is 0.103. The number of rotatable bonds is 2. The molecule has 1 aliphatic heterocycles. The van der Waals surface area contributed by atoms with Crippen molar-refractivity contribution in [2.45, 2.75) is 38.6 Å². The van der Waals surface area contributed by atoms with Gasteiger partial charge in [-0.25, -0.2) is 0 Å². The third-order valence-electron chi connectivity index (χ3n) is 3.62. The highest BCUT2D eigenvalue weighted by molar-refractivity contribution is 5.94. The molecular weight excluding hydrogens is 224 g/mol. The van der Waals surface area contributed by atoms with Crippen LogP contribution in [0.4, 0.5) is 0 Å². The Bertz CT molecular complexity index is 458. The summed E-state index contributed by atoms with van der Waals surface area (Å²) in [6.45, 7) is 2.99. The zero-order valence-corrected chi connectivity index (χ0v) is 10.7. The van der Waals surface area contributed by atoms with E-state index in [1.54, 1.807) is 24.3 Å². The Hall–Kier alpha value is -1.82. The SMILES string of the molecule is CCC1CCCCN1C(=O)c1ccc(C#N)cc1. The number of likely N-dealkylation sites (tertiary alicyclic amines) is 1. The first kappa shape index (κ1) is 12.6. The molecule has 18 heavy (non-hydrogen) atoms. The van der Waals surface area contributed by atoms with E-state index in [0.29, 0.717) is 17.2 Å². The Labute approximate surface area is 108 Å². The molecule has 0 saturated carbocycles. The Morgan fingerprint density at radius 1 is 1.39 bits per heavy atom. The molecule has 0 aromatic heterocycles. The van der Waals surface area contributed by atoms with Crippen LogP contribution in [0.1, 0.15) is 48.5 Å². The summed E-state index contributed by atoms with van der Waals surface area (Å²) < 4.78 is 0. The van der Waals surface area contributed by atoms with Gasteiger partial charge in [-0.15, -0.1) is 0 Å². The Morgan fingerprint density at radius 2 is 2.11 bits per heavy atom. The van der Waals surface area contributed by atoms with Crippen LogP contribution in [0, 0.1) is 11.3 Å². The lowest BCUT2D eigenvalue weighted by Crippen LogP contribution is -2.43. The predicted molar refractivity (Wildman–Crippen MR) is 70.1 cm³/mol. The molecular formula is C15H18N2O. The monoisotopic (exact) mass is 242 g/mol. The van der Waals surface area contributed by atoms with Crippen molar-refractivity contribution in [2.75, 3.05) is 6.54 Å². The first-order valence-electron chi connectivity index (χ1n) is 6.57. The molecule has 1 aromatic carbocycles. The highest BCUT2D eigenvalue weighted by Gasteiger charge is 2.25.